The third kappa shape index (κ3) is 5.73. The molecular formula is C50H34O3. The topological polar surface area (TPSA) is 47.3 Å². The van der Waals surface area contributed by atoms with Gasteiger partial charge in [0.05, 0.1) is 0 Å². The summed E-state index contributed by atoms with van der Waals surface area (Å²) < 4.78 is 6.92. The number of fused-ring (bicyclic) bond motifs is 2. The number of rotatable bonds is 8. The van der Waals surface area contributed by atoms with E-state index in [2.05, 4.69) is 48.5 Å². The predicted molar refractivity (Wildman–Crippen MR) is 212 cm³/mol. The number of carbonyl (C=O) groups excluding carboxylic acids is 2. The summed E-state index contributed by atoms with van der Waals surface area (Å²) in [6, 6.07) is 59.3. The lowest BCUT2D eigenvalue weighted by Crippen LogP contribution is -2.21. The quantitative estimate of drug-likeness (QED) is 0.150. The van der Waals surface area contributed by atoms with Crippen LogP contribution in [0, 0.1) is 0 Å². The number of ketones is 2. The predicted octanol–water partition coefficient (Wildman–Crippen LogP) is 11.9. The molecule has 0 saturated carbocycles. The van der Waals surface area contributed by atoms with Crippen LogP contribution in [0.3, 0.4) is 0 Å². The fourth-order valence-corrected chi connectivity index (χ4v) is 7.88. The molecule has 0 unspecified atom stereocenters. The molecule has 3 nitrogen and oxygen atoms in total. The van der Waals surface area contributed by atoms with E-state index >= 15 is 9.59 Å². The maximum absolute atomic E-state index is 15.2. The van der Waals surface area contributed by atoms with Crippen LogP contribution in [0.15, 0.2) is 186 Å². The average molecular weight is 683 g/mol. The molecule has 0 amide bonds. The molecule has 0 fully saturated rings. The lowest BCUT2D eigenvalue weighted by molar-refractivity contribution is 0.100. The molecular weight excluding hydrogens is 649 g/mol. The molecule has 8 aromatic rings. The molecule has 0 spiro atoms. The Morgan fingerprint density at radius 3 is 0.943 bits per heavy atom. The van der Waals surface area contributed by atoms with Gasteiger partial charge in [-0.3, -0.25) is 9.59 Å². The first kappa shape index (κ1) is 32.1. The van der Waals surface area contributed by atoms with E-state index in [0.29, 0.717) is 35.1 Å². The molecule has 9 rings (SSSR count). The summed E-state index contributed by atoms with van der Waals surface area (Å²) in [6.07, 6.45) is 1.04. The van der Waals surface area contributed by atoms with E-state index < -0.39 is 0 Å². The average Bonchev–Trinajstić information content (AvgIpc) is 3.62. The maximum atomic E-state index is 15.2. The third-order valence-electron chi connectivity index (χ3n) is 10.3. The highest BCUT2D eigenvalue weighted by Gasteiger charge is 2.37. The smallest absolute Gasteiger partial charge is 0.194 e. The van der Waals surface area contributed by atoms with E-state index in [1.165, 1.54) is 0 Å². The molecule has 1 aliphatic carbocycles. The summed E-state index contributed by atoms with van der Waals surface area (Å²) in [5.74, 6) is 1.28. The second kappa shape index (κ2) is 13.7. The molecule has 1 aliphatic rings. The maximum Gasteiger partial charge on any atom is 0.194 e. The molecule has 0 aliphatic heterocycles. The van der Waals surface area contributed by atoms with Crippen molar-refractivity contribution in [2.45, 2.75) is 12.8 Å². The Kier molecular flexibility index (Phi) is 8.30. The second-order valence-corrected chi connectivity index (χ2v) is 13.4. The van der Waals surface area contributed by atoms with Crippen molar-refractivity contribution in [1.29, 1.82) is 0 Å². The number of hydrogen-bond donors (Lipinski definition) is 0. The Balaban J connectivity index is 1.44. The second-order valence-electron chi connectivity index (χ2n) is 13.4. The van der Waals surface area contributed by atoms with Crippen LogP contribution in [0.4, 0.5) is 0 Å². The van der Waals surface area contributed by atoms with E-state index in [0.717, 1.165) is 67.2 Å². The van der Waals surface area contributed by atoms with E-state index in [-0.39, 0.29) is 11.6 Å². The number of carbonyl (C=O) groups is 2. The van der Waals surface area contributed by atoms with Crippen LogP contribution in [0.1, 0.15) is 54.1 Å². The van der Waals surface area contributed by atoms with Gasteiger partial charge in [-0.1, -0.05) is 182 Å². The van der Waals surface area contributed by atoms with Crippen LogP contribution in [-0.4, -0.2) is 11.6 Å². The molecule has 3 heteroatoms. The first-order chi connectivity index (χ1) is 26.2. The van der Waals surface area contributed by atoms with Crippen LogP contribution in [0.2, 0.25) is 0 Å². The first-order valence-corrected chi connectivity index (χ1v) is 17.9. The van der Waals surface area contributed by atoms with Crippen LogP contribution in [0.5, 0.6) is 0 Å². The van der Waals surface area contributed by atoms with Crippen LogP contribution in [-0.2, 0) is 12.8 Å². The fourth-order valence-electron chi connectivity index (χ4n) is 7.88. The van der Waals surface area contributed by atoms with E-state index in [4.69, 9.17) is 4.42 Å². The van der Waals surface area contributed by atoms with Crippen LogP contribution < -0.4 is 0 Å². The highest BCUT2D eigenvalue weighted by molar-refractivity contribution is 6.25. The van der Waals surface area contributed by atoms with Crippen molar-refractivity contribution >= 4 is 11.6 Å². The van der Waals surface area contributed by atoms with Gasteiger partial charge in [0, 0.05) is 57.3 Å². The van der Waals surface area contributed by atoms with Crippen molar-refractivity contribution in [2.24, 2.45) is 0 Å². The number of hydrogen-bond acceptors (Lipinski definition) is 3. The minimum absolute atomic E-state index is 0.185. The van der Waals surface area contributed by atoms with Gasteiger partial charge >= 0.3 is 0 Å². The zero-order chi connectivity index (χ0) is 35.7. The summed E-state index contributed by atoms with van der Waals surface area (Å²) >= 11 is 0. The molecule has 0 radical (unpaired) electrons. The van der Waals surface area contributed by atoms with Gasteiger partial charge in [-0.05, 0) is 33.4 Å². The molecule has 1 heterocycles. The molecule has 0 atom stereocenters. The van der Waals surface area contributed by atoms with E-state index in [1.54, 1.807) is 0 Å². The van der Waals surface area contributed by atoms with Gasteiger partial charge in [0.15, 0.2) is 11.6 Å². The van der Waals surface area contributed by atoms with Crippen molar-refractivity contribution in [3.8, 4) is 44.9 Å². The Labute approximate surface area is 308 Å². The summed E-state index contributed by atoms with van der Waals surface area (Å²) in [6.45, 7) is 0. The molecule has 1 aromatic heterocycles. The van der Waals surface area contributed by atoms with E-state index in [9.17, 15) is 0 Å². The molecule has 53 heavy (non-hydrogen) atoms. The zero-order valence-electron chi connectivity index (χ0n) is 29.0. The Hall–Kier alpha value is -6.84. The lowest BCUT2D eigenvalue weighted by atomic mass is 9.72. The van der Waals surface area contributed by atoms with Gasteiger partial charge in [0.25, 0.3) is 0 Å². The number of benzene rings is 7. The highest BCUT2D eigenvalue weighted by atomic mass is 16.3. The van der Waals surface area contributed by atoms with Crippen molar-refractivity contribution in [1.82, 2.24) is 0 Å². The standard InChI is InChI=1S/C50H34O3/c51-47(35-23-11-3-12-24-35)45-43(33-19-7-1-8-20-33)39-31-41-42(50(38-29-17-6-18-30-38)53-49(41)37-27-15-5-16-28-37)32-40(39)44(34-21-9-2-10-22-34)46(45)48(52)36-25-13-4-14-26-36/h1-30H,31-32H2. The lowest BCUT2D eigenvalue weighted by Gasteiger charge is -2.29. The van der Waals surface area contributed by atoms with Crippen molar-refractivity contribution in [2.75, 3.05) is 0 Å². The van der Waals surface area contributed by atoms with Crippen molar-refractivity contribution in [3.05, 3.63) is 226 Å². The van der Waals surface area contributed by atoms with Gasteiger partial charge in [-0.2, -0.15) is 0 Å². The minimum atomic E-state index is -0.185. The van der Waals surface area contributed by atoms with Crippen LogP contribution >= 0.6 is 0 Å². The highest BCUT2D eigenvalue weighted by Crippen LogP contribution is 2.50. The van der Waals surface area contributed by atoms with Gasteiger partial charge in [-0.15, -0.1) is 0 Å². The van der Waals surface area contributed by atoms with Gasteiger partial charge in [0.1, 0.15) is 11.5 Å². The Morgan fingerprint density at radius 2 is 0.623 bits per heavy atom. The van der Waals surface area contributed by atoms with Gasteiger partial charge in [-0.25, -0.2) is 0 Å². The van der Waals surface area contributed by atoms with Crippen molar-refractivity contribution in [3.63, 3.8) is 0 Å². The summed E-state index contributed by atoms with van der Waals surface area (Å²) in [7, 11) is 0. The third-order valence-corrected chi connectivity index (χ3v) is 10.3. The fraction of sp³-hybridized carbons (Fsp3) is 0.0400. The largest absolute Gasteiger partial charge is 0.455 e. The van der Waals surface area contributed by atoms with Crippen LogP contribution in [0.25, 0.3) is 44.9 Å². The molecule has 0 saturated heterocycles. The summed E-state index contributed by atoms with van der Waals surface area (Å²) in [4.78, 5) is 30.4. The van der Waals surface area contributed by atoms with Crippen molar-refractivity contribution < 1.29 is 14.0 Å². The minimum Gasteiger partial charge on any atom is -0.455 e. The molecule has 252 valence electrons. The number of furan rings is 1. The summed E-state index contributed by atoms with van der Waals surface area (Å²) in [5, 5.41) is 0. The zero-order valence-corrected chi connectivity index (χ0v) is 29.0. The van der Waals surface area contributed by atoms with Gasteiger partial charge < -0.3 is 4.42 Å². The monoisotopic (exact) mass is 682 g/mol. The SMILES string of the molecule is O=C(c1ccccc1)c1c(C(=O)c2ccccc2)c(-c2ccccc2)c2c(c1-c1ccccc1)Cc1c(-c3ccccc3)oc(-c3ccccc3)c1C2. The normalized spacial score (nSPS) is 11.8. The first-order valence-electron chi connectivity index (χ1n) is 17.9. The van der Waals surface area contributed by atoms with E-state index in [1.807, 2.05) is 133 Å². The Bertz CT molecular complexity index is 2410. The molecule has 0 bridgehead atoms. The Morgan fingerprint density at radius 1 is 0.340 bits per heavy atom. The van der Waals surface area contributed by atoms with Gasteiger partial charge in [0.2, 0.25) is 0 Å². The molecule has 7 aromatic carbocycles. The summed E-state index contributed by atoms with van der Waals surface area (Å²) in [5.41, 5.74) is 11.5. The molecule has 0 N–H and O–H groups in total.